The highest BCUT2D eigenvalue weighted by atomic mass is 16.1. The van der Waals surface area contributed by atoms with Crippen molar-refractivity contribution >= 4 is 5.91 Å². The summed E-state index contributed by atoms with van der Waals surface area (Å²) in [5, 5.41) is 3.06. The first kappa shape index (κ1) is 13.5. The van der Waals surface area contributed by atoms with Gasteiger partial charge < -0.3 is 11.1 Å². The minimum absolute atomic E-state index is 0.154. The maximum Gasteiger partial charge on any atom is 0.223 e. The number of hydrogen-bond acceptors (Lipinski definition) is 2. The molecule has 1 saturated carbocycles. The normalized spacial score (nSPS) is 26.5. The summed E-state index contributed by atoms with van der Waals surface area (Å²) in [5.41, 5.74) is 5.89. The van der Waals surface area contributed by atoms with Crippen molar-refractivity contribution in [3.63, 3.8) is 0 Å². The maximum absolute atomic E-state index is 12.0. The fourth-order valence-corrected chi connectivity index (χ4v) is 2.32. The molecule has 3 N–H and O–H groups in total. The van der Waals surface area contributed by atoms with Crippen LogP contribution in [0.3, 0.4) is 0 Å². The standard InChI is InChI=1S/C13H26N2O/c1-13(2,3)9-15-12(16)11-7-5-4-6-10(11)8-14/h10-11H,4-9,14H2,1-3H3,(H,15,16). The van der Waals surface area contributed by atoms with Crippen LogP contribution in [-0.2, 0) is 4.79 Å². The molecule has 1 aliphatic rings. The molecule has 0 spiro atoms. The van der Waals surface area contributed by atoms with Crippen LogP contribution in [0.25, 0.3) is 0 Å². The minimum Gasteiger partial charge on any atom is -0.355 e. The highest BCUT2D eigenvalue weighted by Gasteiger charge is 2.30. The second-order valence-corrected chi connectivity index (χ2v) is 6.17. The van der Waals surface area contributed by atoms with E-state index in [1.54, 1.807) is 0 Å². The lowest BCUT2D eigenvalue weighted by Gasteiger charge is -2.30. The molecular formula is C13H26N2O. The van der Waals surface area contributed by atoms with Crippen molar-refractivity contribution in [3.05, 3.63) is 0 Å². The molecule has 2 unspecified atom stereocenters. The van der Waals surface area contributed by atoms with Gasteiger partial charge in [0.1, 0.15) is 0 Å². The highest BCUT2D eigenvalue weighted by molar-refractivity contribution is 5.79. The van der Waals surface area contributed by atoms with E-state index in [0.29, 0.717) is 12.5 Å². The molecule has 1 amide bonds. The average Bonchev–Trinajstić information content (AvgIpc) is 2.25. The van der Waals surface area contributed by atoms with Crippen LogP contribution in [-0.4, -0.2) is 19.0 Å². The second-order valence-electron chi connectivity index (χ2n) is 6.17. The quantitative estimate of drug-likeness (QED) is 0.772. The predicted molar refractivity (Wildman–Crippen MR) is 67.0 cm³/mol. The van der Waals surface area contributed by atoms with Crippen LogP contribution in [0.2, 0.25) is 0 Å². The molecule has 0 aromatic rings. The molecule has 0 aromatic carbocycles. The average molecular weight is 226 g/mol. The van der Waals surface area contributed by atoms with Crippen molar-refractivity contribution in [2.75, 3.05) is 13.1 Å². The Balaban J connectivity index is 2.45. The number of rotatable bonds is 3. The van der Waals surface area contributed by atoms with E-state index >= 15 is 0 Å². The summed E-state index contributed by atoms with van der Waals surface area (Å²) in [5.74, 6) is 0.764. The van der Waals surface area contributed by atoms with Crippen molar-refractivity contribution in [1.82, 2.24) is 5.32 Å². The van der Waals surface area contributed by atoms with Crippen LogP contribution in [0.4, 0.5) is 0 Å². The third-order valence-corrected chi connectivity index (χ3v) is 3.34. The number of hydrogen-bond donors (Lipinski definition) is 2. The molecule has 16 heavy (non-hydrogen) atoms. The Morgan fingerprint density at radius 2 is 1.94 bits per heavy atom. The molecule has 0 saturated heterocycles. The van der Waals surface area contributed by atoms with E-state index in [1.165, 1.54) is 12.8 Å². The van der Waals surface area contributed by atoms with Crippen molar-refractivity contribution < 1.29 is 4.79 Å². The Morgan fingerprint density at radius 1 is 1.31 bits per heavy atom. The zero-order valence-electron chi connectivity index (χ0n) is 10.9. The van der Waals surface area contributed by atoms with E-state index in [9.17, 15) is 4.79 Å². The zero-order chi connectivity index (χ0) is 12.2. The third-order valence-electron chi connectivity index (χ3n) is 3.34. The second kappa shape index (κ2) is 5.67. The van der Waals surface area contributed by atoms with Gasteiger partial charge in [0.15, 0.2) is 0 Å². The number of nitrogens with one attached hydrogen (secondary N) is 1. The van der Waals surface area contributed by atoms with E-state index in [4.69, 9.17) is 5.73 Å². The van der Waals surface area contributed by atoms with Gasteiger partial charge in [0.2, 0.25) is 5.91 Å². The monoisotopic (exact) mass is 226 g/mol. The summed E-state index contributed by atoms with van der Waals surface area (Å²) in [7, 11) is 0. The first-order valence-electron chi connectivity index (χ1n) is 6.42. The Morgan fingerprint density at radius 3 is 2.50 bits per heavy atom. The molecule has 1 rings (SSSR count). The van der Waals surface area contributed by atoms with Crippen LogP contribution >= 0.6 is 0 Å². The zero-order valence-corrected chi connectivity index (χ0v) is 10.9. The number of nitrogens with two attached hydrogens (primary N) is 1. The lowest BCUT2D eigenvalue weighted by molar-refractivity contribution is -0.128. The lowest BCUT2D eigenvalue weighted by Crippen LogP contribution is -2.42. The minimum atomic E-state index is 0.154. The van der Waals surface area contributed by atoms with Crippen LogP contribution in [0, 0.1) is 17.3 Å². The molecule has 3 heteroatoms. The predicted octanol–water partition coefficient (Wildman–Crippen LogP) is 1.91. The van der Waals surface area contributed by atoms with Crippen LogP contribution < -0.4 is 11.1 Å². The van der Waals surface area contributed by atoms with Gasteiger partial charge in [0, 0.05) is 12.5 Å². The number of carbonyl (C=O) groups excluding carboxylic acids is 1. The smallest absolute Gasteiger partial charge is 0.223 e. The summed E-state index contributed by atoms with van der Waals surface area (Å²) in [4.78, 5) is 12.0. The maximum atomic E-state index is 12.0. The molecule has 0 heterocycles. The van der Waals surface area contributed by atoms with Gasteiger partial charge >= 0.3 is 0 Å². The van der Waals surface area contributed by atoms with Crippen molar-refractivity contribution in [2.45, 2.75) is 46.5 Å². The molecule has 2 atom stereocenters. The molecule has 3 nitrogen and oxygen atoms in total. The van der Waals surface area contributed by atoms with Crippen molar-refractivity contribution in [3.8, 4) is 0 Å². The first-order chi connectivity index (χ1) is 7.44. The van der Waals surface area contributed by atoms with Crippen molar-refractivity contribution in [1.29, 1.82) is 0 Å². The van der Waals surface area contributed by atoms with Crippen LogP contribution in [0.15, 0.2) is 0 Å². The van der Waals surface area contributed by atoms with Gasteiger partial charge in [0.05, 0.1) is 0 Å². The van der Waals surface area contributed by atoms with Crippen LogP contribution in [0.1, 0.15) is 46.5 Å². The van der Waals surface area contributed by atoms with E-state index in [1.807, 2.05) is 0 Å². The van der Waals surface area contributed by atoms with E-state index in [0.717, 1.165) is 19.4 Å². The van der Waals surface area contributed by atoms with Gasteiger partial charge in [-0.25, -0.2) is 0 Å². The largest absolute Gasteiger partial charge is 0.355 e. The van der Waals surface area contributed by atoms with Gasteiger partial charge in [-0.15, -0.1) is 0 Å². The van der Waals surface area contributed by atoms with Gasteiger partial charge in [0.25, 0.3) is 0 Å². The highest BCUT2D eigenvalue weighted by Crippen LogP contribution is 2.29. The summed E-state index contributed by atoms with van der Waals surface area (Å²) in [6, 6.07) is 0. The Bertz CT molecular complexity index is 233. The van der Waals surface area contributed by atoms with Gasteiger partial charge in [-0.3, -0.25) is 4.79 Å². The van der Waals surface area contributed by atoms with Gasteiger partial charge in [-0.05, 0) is 30.7 Å². The molecule has 0 aromatic heterocycles. The van der Waals surface area contributed by atoms with Crippen molar-refractivity contribution in [2.24, 2.45) is 23.0 Å². The molecule has 1 aliphatic carbocycles. The van der Waals surface area contributed by atoms with E-state index in [2.05, 4.69) is 26.1 Å². The SMILES string of the molecule is CC(C)(C)CNC(=O)C1CCCCC1CN. The Hall–Kier alpha value is -0.570. The fourth-order valence-electron chi connectivity index (χ4n) is 2.32. The van der Waals surface area contributed by atoms with Crippen LogP contribution in [0.5, 0.6) is 0 Å². The topological polar surface area (TPSA) is 55.1 Å². The summed E-state index contributed by atoms with van der Waals surface area (Å²) in [6.45, 7) is 7.80. The van der Waals surface area contributed by atoms with E-state index in [-0.39, 0.29) is 17.2 Å². The Labute approximate surface area is 99.2 Å². The lowest BCUT2D eigenvalue weighted by atomic mass is 9.78. The summed E-state index contributed by atoms with van der Waals surface area (Å²) >= 11 is 0. The molecule has 0 aliphatic heterocycles. The summed E-state index contributed by atoms with van der Waals surface area (Å²) < 4.78 is 0. The first-order valence-corrected chi connectivity index (χ1v) is 6.42. The molecule has 0 bridgehead atoms. The van der Waals surface area contributed by atoms with Gasteiger partial charge in [-0.1, -0.05) is 33.6 Å². The molecule has 94 valence electrons. The Kier molecular flexibility index (Phi) is 4.78. The number of carbonyl (C=O) groups is 1. The summed E-state index contributed by atoms with van der Waals surface area (Å²) in [6.07, 6.45) is 4.52. The molecule has 0 radical (unpaired) electrons. The fraction of sp³-hybridized carbons (Fsp3) is 0.923. The van der Waals surface area contributed by atoms with Gasteiger partial charge in [-0.2, -0.15) is 0 Å². The molecular weight excluding hydrogens is 200 g/mol. The third kappa shape index (κ3) is 4.12. The number of amides is 1. The molecule has 1 fully saturated rings. The van der Waals surface area contributed by atoms with E-state index < -0.39 is 0 Å².